The minimum Gasteiger partial charge on any atom is -0.478 e. The number of hydrogen-bond acceptors (Lipinski definition) is 1. The molecule has 2 nitrogen and oxygen atoms in total. The van der Waals surface area contributed by atoms with E-state index in [-0.39, 0.29) is 0 Å². The summed E-state index contributed by atoms with van der Waals surface area (Å²) < 4.78 is 0. The molecule has 0 aromatic rings. The Hall–Kier alpha value is -1.57. The van der Waals surface area contributed by atoms with Gasteiger partial charge in [0.25, 0.3) is 0 Å². The van der Waals surface area contributed by atoms with Gasteiger partial charge in [0.1, 0.15) is 0 Å². The van der Waals surface area contributed by atoms with Crippen molar-refractivity contribution in [3.63, 3.8) is 0 Å². The molecule has 0 radical (unpaired) electrons. The Morgan fingerprint density at radius 1 is 1.31 bits per heavy atom. The molecule has 13 heavy (non-hydrogen) atoms. The lowest BCUT2D eigenvalue weighted by Crippen LogP contribution is -1.87. The molecule has 0 heterocycles. The molecule has 0 amide bonds. The van der Waals surface area contributed by atoms with Gasteiger partial charge in [0.15, 0.2) is 0 Å². The summed E-state index contributed by atoms with van der Waals surface area (Å²) in [4.78, 5) is 10.2. The molecule has 0 bridgehead atoms. The summed E-state index contributed by atoms with van der Waals surface area (Å²) in [6, 6.07) is 0. The molecule has 0 atom stereocenters. The van der Waals surface area contributed by atoms with E-state index >= 15 is 0 Å². The monoisotopic (exact) mass is 178 g/mol. The van der Waals surface area contributed by atoms with E-state index in [1.807, 2.05) is 13.0 Å². The van der Waals surface area contributed by atoms with Crippen LogP contribution in [0.25, 0.3) is 0 Å². The number of carboxylic acid groups (broad SMARTS) is 1. The fourth-order valence-electron chi connectivity index (χ4n) is 0.663. The first kappa shape index (κ1) is 11.4. The van der Waals surface area contributed by atoms with E-state index in [4.69, 9.17) is 5.11 Å². The Bertz CT molecular complexity index is 280. The molecular weight excluding hydrogens is 164 g/mol. The second kappa shape index (κ2) is 6.00. The molecule has 0 unspecified atom stereocenters. The average Bonchev–Trinajstić information content (AvgIpc) is 2.02. The second-order valence-electron chi connectivity index (χ2n) is 2.70. The zero-order valence-corrected chi connectivity index (χ0v) is 7.95. The van der Waals surface area contributed by atoms with E-state index in [9.17, 15) is 4.79 Å². The van der Waals surface area contributed by atoms with Crippen LogP contribution in [-0.2, 0) is 4.79 Å². The zero-order valence-electron chi connectivity index (χ0n) is 7.95. The Kier molecular flexibility index (Phi) is 5.28. The number of allylic oxidation sites excluding steroid dienone is 6. The molecular formula is C11H14O2. The van der Waals surface area contributed by atoms with Gasteiger partial charge < -0.3 is 5.11 Å². The summed E-state index contributed by atoms with van der Waals surface area (Å²) in [5.41, 5.74) is 1.75. The van der Waals surface area contributed by atoms with Crippen LogP contribution in [0.5, 0.6) is 0 Å². The number of carbonyl (C=O) groups is 1. The van der Waals surface area contributed by atoms with Crippen LogP contribution >= 0.6 is 0 Å². The maximum atomic E-state index is 10.2. The van der Waals surface area contributed by atoms with Crippen molar-refractivity contribution in [2.75, 3.05) is 0 Å². The highest BCUT2D eigenvalue weighted by atomic mass is 16.4. The van der Waals surface area contributed by atoms with E-state index in [1.54, 1.807) is 25.2 Å². The van der Waals surface area contributed by atoms with Crippen LogP contribution in [0.2, 0.25) is 0 Å². The van der Waals surface area contributed by atoms with Crippen molar-refractivity contribution in [3.8, 4) is 0 Å². The zero-order chi connectivity index (χ0) is 10.3. The van der Waals surface area contributed by atoms with Crippen molar-refractivity contribution in [2.45, 2.75) is 13.8 Å². The molecule has 70 valence electrons. The van der Waals surface area contributed by atoms with Crippen molar-refractivity contribution in [3.05, 3.63) is 48.1 Å². The van der Waals surface area contributed by atoms with Crippen molar-refractivity contribution < 1.29 is 9.90 Å². The summed E-state index contributed by atoms with van der Waals surface area (Å²) >= 11 is 0. The van der Waals surface area contributed by atoms with Crippen molar-refractivity contribution >= 4 is 5.97 Å². The van der Waals surface area contributed by atoms with Gasteiger partial charge in [-0.05, 0) is 19.4 Å². The molecule has 2 heteroatoms. The van der Waals surface area contributed by atoms with Gasteiger partial charge in [0, 0.05) is 6.08 Å². The maximum absolute atomic E-state index is 10.2. The topological polar surface area (TPSA) is 37.3 Å². The highest BCUT2D eigenvalue weighted by Gasteiger charge is 1.87. The van der Waals surface area contributed by atoms with Crippen molar-refractivity contribution in [1.82, 2.24) is 0 Å². The summed E-state index contributed by atoms with van der Waals surface area (Å²) in [6.07, 6.45) is 8.30. The van der Waals surface area contributed by atoms with E-state index in [0.717, 1.165) is 11.6 Å². The van der Waals surface area contributed by atoms with E-state index in [1.165, 1.54) is 0 Å². The summed E-state index contributed by atoms with van der Waals surface area (Å²) in [5.74, 6) is -0.924. The first-order valence-electron chi connectivity index (χ1n) is 3.95. The van der Waals surface area contributed by atoms with Crippen LogP contribution < -0.4 is 0 Å². The van der Waals surface area contributed by atoms with Gasteiger partial charge in [0.2, 0.25) is 0 Å². The summed E-state index contributed by atoms with van der Waals surface area (Å²) in [5, 5.41) is 8.40. The fraction of sp³-hybridized carbons (Fsp3) is 0.182. The second-order valence-corrected chi connectivity index (χ2v) is 2.70. The van der Waals surface area contributed by atoms with Crippen LogP contribution in [0.3, 0.4) is 0 Å². The first-order valence-corrected chi connectivity index (χ1v) is 3.95. The molecule has 0 fully saturated rings. The smallest absolute Gasteiger partial charge is 0.328 e. The minimum absolute atomic E-state index is 0.709. The van der Waals surface area contributed by atoms with Crippen molar-refractivity contribution in [1.29, 1.82) is 0 Å². The van der Waals surface area contributed by atoms with Crippen molar-refractivity contribution in [2.24, 2.45) is 0 Å². The molecule has 0 aromatic carbocycles. The van der Waals surface area contributed by atoms with Gasteiger partial charge in [-0.15, -0.1) is 0 Å². The van der Waals surface area contributed by atoms with Gasteiger partial charge >= 0.3 is 5.97 Å². The average molecular weight is 178 g/mol. The third-order valence-corrected chi connectivity index (χ3v) is 1.39. The normalized spacial score (nSPS) is 13.4. The number of hydrogen-bond donors (Lipinski definition) is 1. The van der Waals surface area contributed by atoms with E-state index < -0.39 is 5.97 Å². The van der Waals surface area contributed by atoms with Crippen LogP contribution in [0.4, 0.5) is 0 Å². The quantitative estimate of drug-likeness (QED) is 0.531. The molecule has 0 saturated carbocycles. The Morgan fingerprint density at radius 3 is 2.38 bits per heavy atom. The first-order chi connectivity index (χ1) is 6.06. The lowest BCUT2D eigenvalue weighted by atomic mass is 10.2. The molecule has 0 spiro atoms. The summed E-state index contributed by atoms with van der Waals surface area (Å²) in [6.45, 7) is 7.26. The van der Waals surface area contributed by atoms with Crippen LogP contribution in [0.15, 0.2) is 48.1 Å². The van der Waals surface area contributed by atoms with Gasteiger partial charge in [-0.1, -0.05) is 36.5 Å². The fourth-order valence-corrected chi connectivity index (χ4v) is 0.663. The number of carboxylic acids is 1. The van der Waals surface area contributed by atoms with Crippen LogP contribution in [-0.4, -0.2) is 11.1 Å². The third-order valence-electron chi connectivity index (χ3n) is 1.39. The standard InChI is InChI=1S/C11H14O2/c1-4-9(2)6-5-7-10(3)8-11(12)13/h4-8H,1H2,2-3H3,(H,12,13)/b7-5+,9-6+,10-8+. The molecule has 1 N–H and O–H groups in total. The molecule has 0 saturated heterocycles. The molecule has 0 rings (SSSR count). The van der Waals surface area contributed by atoms with Gasteiger partial charge in [-0.3, -0.25) is 0 Å². The van der Waals surface area contributed by atoms with E-state index in [2.05, 4.69) is 6.58 Å². The van der Waals surface area contributed by atoms with Gasteiger partial charge in [-0.2, -0.15) is 0 Å². The highest BCUT2D eigenvalue weighted by Crippen LogP contribution is 1.97. The van der Waals surface area contributed by atoms with Crippen LogP contribution in [0.1, 0.15) is 13.8 Å². The number of aliphatic carboxylic acids is 1. The SMILES string of the molecule is C=C/C(C)=C/C=C/C(C)=C/C(=O)O. The lowest BCUT2D eigenvalue weighted by molar-refractivity contribution is -0.131. The number of rotatable bonds is 4. The molecule has 0 aliphatic carbocycles. The summed E-state index contributed by atoms with van der Waals surface area (Å²) in [7, 11) is 0. The Morgan fingerprint density at radius 2 is 1.92 bits per heavy atom. The molecule has 0 aliphatic rings. The minimum atomic E-state index is -0.924. The Labute approximate surface area is 78.6 Å². The van der Waals surface area contributed by atoms with Gasteiger partial charge in [0.05, 0.1) is 0 Å². The highest BCUT2D eigenvalue weighted by molar-refractivity contribution is 5.81. The largest absolute Gasteiger partial charge is 0.478 e. The molecule has 0 aliphatic heterocycles. The predicted molar refractivity (Wildman–Crippen MR) is 54.5 cm³/mol. The predicted octanol–water partition coefficient (Wildman–Crippen LogP) is 2.71. The van der Waals surface area contributed by atoms with Gasteiger partial charge in [-0.25, -0.2) is 4.79 Å². The third kappa shape index (κ3) is 6.81. The maximum Gasteiger partial charge on any atom is 0.328 e. The van der Waals surface area contributed by atoms with Crippen LogP contribution in [0, 0.1) is 0 Å². The molecule has 0 aromatic heterocycles. The Balaban J connectivity index is 4.28. The van der Waals surface area contributed by atoms with E-state index in [0.29, 0.717) is 5.57 Å². The lowest BCUT2D eigenvalue weighted by Gasteiger charge is -1.88.